The first-order valence-electron chi connectivity index (χ1n) is 8.14. The second-order valence-electron chi connectivity index (χ2n) is 6.67. The van der Waals surface area contributed by atoms with E-state index in [4.69, 9.17) is 10.5 Å². The minimum Gasteiger partial charge on any atom is -0.381 e. The molecule has 2 aromatic rings. The molecular weight excluding hydrogens is 290 g/mol. The van der Waals surface area contributed by atoms with Crippen molar-refractivity contribution < 1.29 is 9.53 Å². The van der Waals surface area contributed by atoms with Crippen LogP contribution in [0.15, 0.2) is 12.1 Å². The van der Waals surface area contributed by atoms with E-state index in [1.54, 1.807) is 0 Å². The highest BCUT2D eigenvalue weighted by atomic mass is 16.5. The Morgan fingerprint density at radius 3 is 2.70 bits per heavy atom. The van der Waals surface area contributed by atoms with Gasteiger partial charge < -0.3 is 20.8 Å². The Hall–Kier alpha value is -1.85. The summed E-state index contributed by atoms with van der Waals surface area (Å²) in [6.45, 7) is 7.85. The van der Waals surface area contributed by atoms with Gasteiger partial charge in [0.1, 0.15) is 0 Å². The molecule has 0 aliphatic carbocycles. The SMILES string of the molecule is Cc1cc(CNC(=O)C2(N)CCOCC2)c2[nH]c(C)c(C)c2c1. The van der Waals surface area contributed by atoms with E-state index in [0.717, 1.165) is 16.8 Å². The first-order chi connectivity index (χ1) is 10.9. The number of aromatic amines is 1. The van der Waals surface area contributed by atoms with Crippen molar-refractivity contribution in [3.63, 3.8) is 0 Å². The quantitative estimate of drug-likeness (QED) is 0.812. The van der Waals surface area contributed by atoms with E-state index < -0.39 is 5.54 Å². The fraction of sp³-hybridized carbons (Fsp3) is 0.500. The summed E-state index contributed by atoms with van der Waals surface area (Å²) < 4.78 is 5.30. The largest absolute Gasteiger partial charge is 0.381 e. The Bertz CT molecular complexity index is 742. The van der Waals surface area contributed by atoms with Gasteiger partial charge in [0.05, 0.1) is 11.1 Å². The second-order valence-corrected chi connectivity index (χ2v) is 6.67. The molecule has 2 heterocycles. The molecule has 5 heteroatoms. The lowest BCUT2D eigenvalue weighted by Gasteiger charge is -2.31. The van der Waals surface area contributed by atoms with Crippen LogP contribution in [0.25, 0.3) is 10.9 Å². The van der Waals surface area contributed by atoms with Gasteiger partial charge in [-0.2, -0.15) is 0 Å². The molecule has 124 valence electrons. The molecule has 1 fully saturated rings. The van der Waals surface area contributed by atoms with Crippen molar-refractivity contribution in [3.8, 4) is 0 Å². The summed E-state index contributed by atoms with van der Waals surface area (Å²) in [5.74, 6) is -0.0875. The lowest BCUT2D eigenvalue weighted by atomic mass is 9.90. The predicted molar refractivity (Wildman–Crippen MR) is 91.3 cm³/mol. The summed E-state index contributed by atoms with van der Waals surface area (Å²) in [4.78, 5) is 15.9. The van der Waals surface area contributed by atoms with Crippen molar-refractivity contribution in [1.82, 2.24) is 10.3 Å². The van der Waals surface area contributed by atoms with Crippen LogP contribution < -0.4 is 11.1 Å². The number of H-pyrrole nitrogens is 1. The molecule has 0 saturated carbocycles. The summed E-state index contributed by atoms with van der Waals surface area (Å²) >= 11 is 0. The Labute approximate surface area is 136 Å². The molecule has 0 unspecified atom stereocenters. The lowest BCUT2D eigenvalue weighted by Crippen LogP contribution is -2.56. The third-order valence-corrected chi connectivity index (χ3v) is 4.92. The molecule has 1 aromatic carbocycles. The van der Waals surface area contributed by atoms with Crippen molar-refractivity contribution in [2.45, 2.75) is 45.7 Å². The molecule has 1 saturated heterocycles. The van der Waals surface area contributed by atoms with Gasteiger partial charge in [-0.25, -0.2) is 0 Å². The Kier molecular flexibility index (Phi) is 4.17. The minimum atomic E-state index is -0.803. The zero-order chi connectivity index (χ0) is 16.6. The standard InChI is InChI=1S/C18H25N3O2/c1-11-8-14(16-15(9-11)12(2)13(3)21-16)10-20-17(22)18(19)4-6-23-7-5-18/h8-9,21H,4-7,10,19H2,1-3H3,(H,20,22). The highest BCUT2D eigenvalue weighted by Crippen LogP contribution is 2.26. The maximum Gasteiger partial charge on any atom is 0.240 e. The number of hydrogen-bond donors (Lipinski definition) is 3. The van der Waals surface area contributed by atoms with Crippen LogP contribution in [-0.4, -0.2) is 29.6 Å². The molecule has 1 aliphatic rings. The molecule has 1 amide bonds. The zero-order valence-electron chi connectivity index (χ0n) is 14.1. The summed E-state index contributed by atoms with van der Waals surface area (Å²) in [5, 5.41) is 4.24. The molecule has 0 spiro atoms. The number of ether oxygens (including phenoxy) is 1. The Morgan fingerprint density at radius 2 is 2.00 bits per heavy atom. The number of amides is 1. The normalized spacial score (nSPS) is 17.4. The van der Waals surface area contributed by atoms with Crippen LogP contribution in [-0.2, 0) is 16.1 Å². The number of nitrogens with two attached hydrogens (primary N) is 1. The van der Waals surface area contributed by atoms with Crippen molar-refractivity contribution in [2.75, 3.05) is 13.2 Å². The lowest BCUT2D eigenvalue weighted by molar-refractivity contribution is -0.129. The Balaban J connectivity index is 1.82. The highest BCUT2D eigenvalue weighted by molar-refractivity contribution is 5.89. The number of aromatic nitrogens is 1. The molecule has 0 radical (unpaired) electrons. The molecule has 0 atom stereocenters. The fourth-order valence-electron chi connectivity index (χ4n) is 3.24. The molecule has 3 rings (SSSR count). The van der Waals surface area contributed by atoms with Gasteiger partial charge in [0.15, 0.2) is 0 Å². The maximum absolute atomic E-state index is 12.5. The molecule has 0 bridgehead atoms. The van der Waals surface area contributed by atoms with Crippen LogP contribution in [0.2, 0.25) is 0 Å². The maximum atomic E-state index is 12.5. The highest BCUT2D eigenvalue weighted by Gasteiger charge is 2.35. The number of carbonyl (C=O) groups is 1. The molecule has 1 aliphatic heterocycles. The van der Waals surface area contributed by atoms with E-state index in [2.05, 4.69) is 43.2 Å². The van der Waals surface area contributed by atoms with Crippen LogP contribution in [0.4, 0.5) is 0 Å². The number of carbonyl (C=O) groups excluding carboxylic acids is 1. The average molecular weight is 315 g/mol. The van der Waals surface area contributed by atoms with E-state index in [-0.39, 0.29) is 5.91 Å². The first kappa shape index (κ1) is 16.0. The van der Waals surface area contributed by atoms with Gasteiger partial charge in [0, 0.05) is 30.8 Å². The van der Waals surface area contributed by atoms with Gasteiger partial charge >= 0.3 is 0 Å². The second kappa shape index (κ2) is 5.98. The monoisotopic (exact) mass is 315 g/mol. The number of fused-ring (bicyclic) bond motifs is 1. The van der Waals surface area contributed by atoms with Crippen LogP contribution in [0.1, 0.15) is 35.2 Å². The number of nitrogens with one attached hydrogen (secondary N) is 2. The predicted octanol–water partition coefficient (Wildman–Crippen LogP) is 2.22. The van der Waals surface area contributed by atoms with E-state index in [1.165, 1.54) is 16.5 Å². The number of aryl methyl sites for hydroxylation is 3. The Morgan fingerprint density at radius 1 is 1.30 bits per heavy atom. The summed E-state index contributed by atoms with van der Waals surface area (Å²) in [5.41, 5.74) is 11.3. The van der Waals surface area contributed by atoms with Crippen molar-refractivity contribution in [3.05, 3.63) is 34.5 Å². The molecule has 1 aromatic heterocycles. The van der Waals surface area contributed by atoms with E-state index in [0.29, 0.717) is 32.6 Å². The topological polar surface area (TPSA) is 80.1 Å². The number of rotatable bonds is 3. The van der Waals surface area contributed by atoms with Gasteiger partial charge in [0.25, 0.3) is 0 Å². The van der Waals surface area contributed by atoms with Crippen molar-refractivity contribution in [1.29, 1.82) is 0 Å². The van der Waals surface area contributed by atoms with Crippen molar-refractivity contribution in [2.24, 2.45) is 5.73 Å². The zero-order valence-corrected chi connectivity index (χ0v) is 14.1. The van der Waals surface area contributed by atoms with Gasteiger partial charge in [0.2, 0.25) is 5.91 Å². The smallest absolute Gasteiger partial charge is 0.240 e. The van der Waals surface area contributed by atoms with Crippen LogP contribution in [0, 0.1) is 20.8 Å². The van der Waals surface area contributed by atoms with Crippen LogP contribution >= 0.6 is 0 Å². The molecular formula is C18H25N3O2. The third-order valence-electron chi connectivity index (χ3n) is 4.92. The van der Waals surface area contributed by atoms with Crippen molar-refractivity contribution >= 4 is 16.8 Å². The number of benzene rings is 1. The van der Waals surface area contributed by atoms with Crippen LogP contribution in [0.5, 0.6) is 0 Å². The molecule has 4 N–H and O–H groups in total. The van der Waals surface area contributed by atoms with Gasteiger partial charge in [-0.1, -0.05) is 11.6 Å². The average Bonchev–Trinajstić information content (AvgIpc) is 2.81. The molecule has 5 nitrogen and oxygen atoms in total. The number of hydrogen-bond acceptors (Lipinski definition) is 3. The summed E-state index contributed by atoms with van der Waals surface area (Å²) in [6.07, 6.45) is 1.14. The van der Waals surface area contributed by atoms with E-state index in [9.17, 15) is 4.79 Å². The third kappa shape index (κ3) is 2.99. The summed E-state index contributed by atoms with van der Waals surface area (Å²) in [6, 6.07) is 4.30. The van der Waals surface area contributed by atoms with E-state index >= 15 is 0 Å². The van der Waals surface area contributed by atoms with Gasteiger partial charge in [-0.05, 0) is 50.8 Å². The van der Waals surface area contributed by atoms with Gasteiger partial charge in [-0.15, -0.1) is 0 Å². The minimum absolute atomic E-state index is 0.0875. The van der Waals surface area contributed by atoms with Gasteiger partial charge in [-0.3, -0.25) is 4.79 Å². The first-order valence-corrected chi connectivity index (χ1v) is 8.14. The molecule has 23 heavy (non-hydrogen) atoms. The fourth-order valence-corrected chi connectivity index (χ4v) is 3.24. The van der Waals surface area contributed by atoms with E-state index in [1.807, 2.05) is 0 Å². The van der Waals surface area contributed by atoms with Crippen LogP contribution in [0.3, 0.4) is 0 Å². The summed E-state index contributed by atoms with van der Waals surface area (Å²) in [7, 11) is 0.